The summed E-state index contributed by atoms with van der Waals surface area (Å²) in [6, 6.07) is 12.6. The van der Waals surface area contributed by atoms with E-state index >= 15 is 0 Å². The van der Waals surface area contributed by atoms with E-state index in [0.29, 0.717) is 19.1 Å². The van der Waals surface area contributed by atoms with Gasteiger partial charge in [-0.3, -0.25) is 9.59 Å². The van der Waals surface area contributed by atoms with Crippen molar-refractivity contribution in [2.45, 2.75) is 64.1 Å². The summed E-state index contributed by atoms with van der Waals surface area (Å²) in [5.74, 6) is 0.162. The van der Waals surface area contributed by atoms with E-state index in [1.54, 1.807) is 17.7 Å². The molecule has 1 aromatic carbocycles. The summed E-state index contributed by atoms with van der Waals surface area (Å²) in [5.41, 5.74) is 3.48. The maximum atomic E-state index is 14.0. The minimum atomic E-state index is -0.144. The van der Waals surface area contributed by atoms with E-state index in [2.05, 4.69) is 52.2 Å². The Bertz CT molecular complexity index is 1220. The van der Waals surface area contributed by atoms with Gasteiger partial charge in [0.2, 0.25) is 5.91 Å². The van der Waals surface area contributed by atoms with Crippen LogP contribution in [0.25, 0.3) is 10.9 Å². The van der Waals surface area contributed by atoms with Crippen LogP contribution in [0.5, 0.6) is 0 Å². The van der Waals surface area contributed by atoms with Gasteiger partial charge < -0.3 is 19.4 Å². The highest BCUT2D eigenvalue weighted by atomic mass is 16.2. The third kappa shape index (κ3) is 4.56. The number of fused-ring (bicyclic) bond motifs is 1. The molecule has 1 amide bonds. The van der Waals surface area contributed by atoms with Gasteiger partial charge in [0.25, 0.3) is 5.56 Å². The molecule has 0 radical (unpaired) electrons. The van der Waals surface area contributed by atoms with E-state index < -0.39 is 0 Å². The van der Waals surface area contributed by atoms with E-state index in [-0.39, 0.29) is 23.3 Å². The van der Waals surface area contributed by atoms with Crippen LogP contribution in [0.4, 0.5) is 0 Å². The molecule has 2 aromatic heterocycles. The van der Waals surface area contributed by atoms with Crippen molar-refractivity contribution in [3.05, 3.63) is 70.3 Å². The third-order valence-corrected chi connectivity index (χ3v) is 7.59. The molecule has 2 fully saturated rings. The maximum Gasteiger partial charge on any atom is 0.250 e. The summed E-state index contributed by atoms with van der Waals surface area (Å²) in [4.78, 5) is 28.5. The van der Waals surface area contributed by atoms with Crippen LogP contribution in [0, 0.1) is 5.92 Å². The van der Waals surface area contributed by atoms with Gasteiger partial charge in [0.15, 0.2) is 0 Å². The fourth-order valence-electron chi connectivity index (χ4n) is 5.44. The van der Waals surface area contributed by atoms with Crippen LogP contribution in [0.3, 0.4) is 0 Å². The van der Waals surface area contributed by atoms with Gasteiger partial charge >= 0.3 is 0 Å². The largest absolute Gasteiger partial charge is 0.347 e. The van der Waals surface area contributed by atoms with E-state index in [0.717, 1.165) is 50.8 Å². The van der Waals surface area contributed by atoms with Crippen molar-refractivity contribution in [1.82, 2.24) is 19.4 Å². The summed E-state index contributed by atoms with van der Waals surface area (Å²) < 4.78 is 3.95. The van der Waals surface area contributed by atoms with Crippen molar-refractivity contribution in [1.29, 1.82) is 0 Å². The second-order valence-corrected chi connectivity index (χ2v) is 10.0. The molecule has 180 valence electrons. The van der Waals surface area contributed by atoms with Crippen molar-refractivity contribution < 1.29 is 4.79 Å². The summed E-state index contributed by atoms with van der Waals surface area (Å²) in [6.07, 6.45) is 9.43. The highest BCUT2D eigenvalue weighted by Gasteiger charge is 2.40. The summed E-state index contributed by atoms with van der Waals surface area (Å²) in [7, 11) is 1.77. The molecule has 3 aromatic rings. The third-order valence-electron chi connectivity index (χ3n) is 7.59. The van der Waals surface area contributed by atoms with Crippen LogP contribution in [0.1, 0.15) is 56.1 Å². The zero-order valence-corrected chi connectivity index (χ0v) is 20.4. The summed E-state index contributed by atoms with van der Waals surface area (Å²) in [5, 5.41) is 4.69. The number of benzene rings is 1. The fraction of sp³-hybridized carbons (Fsp3) is 0.500. The second-order valence-electron chi connectivity index (χ2n) is 10.0. The van der Waals surface area contributed by atoms with Gasteiger partial charge in [0.1, 0.15) is 0 Å². The van der Waals surface area contributed by atoms with Gasteiger partial charge in [-0.1, -0.05) is 31.5 Å². The molecule has 1 saturated heterocycles. The van der Waals surface area contributed by atoms with Gasteiger partial charge in [0, 0.05) is 62.1 Å². The molecule has 34 heavy (non-hydrogen) atoms. The fourth-order valence-corrected chi connectivity index (χ4v) is 5.44. The number of carbonyl (C=O) groups excluding carboxylic acids is 1. The molecule has 1 aliphatic carbocycles. The number of nitrogens with one attached hydrogen (secondary N) is 1. The second kappa shape index (κ2) is 9.79. The first kappa shape index (κ1) is 22.9. The molecule has 0 spiro atoms. The molecular weight excluding hydrogens is 424 g/mol. The number of nitrogens with zero attached hydrogens (tertiary/aromatic N) is 3. The van der Waals surface area contributed by atoms with Crippen molar-refractivity contribution >= 4 is 16.8 Å². The van der Waals surface area contributed by atoms with Gasteiger partial charge in [0.05, 0.1) is 5.92 Å². The molecule has 0 bridgehead atoms. The Balaban J connectivity index is 1.43. The molecule has 1 saturated carbocycles. The van der Waals surface area contributed by atoms with Crippen molar-refractivity contribution in [3.8, 4) is 0 Å². The number of unbranched alkanes of at least 4 members (excludes halogenated alkanes) is 1. The van der Waals surface area contributed by atoms with E-state index in [1.165, 1.54) is 16.5 Å². The van der Waals surface area contributed by atoms with Crippen LogP contribution in [-0.2, 0) is 24.9 Å². The number of aryl methyl sites for hydroxylation is 2. The van der Waals surface area contributed by atoms with Gasteiger partial charge in [-0.25, -0.2) is 0 Å². The minimum absolute atomic E-state index is 0.0128. The monoisotopic (exact) mass is 460 g/mol. The summed E-state index contributed by atoms with van der Waals surface area (Å²) >= 11 is 0. The number of hydrogen-bond donors (Lipinski definition) is 1. The number of para-hydroxylation sites is 1. The lowest BCUT2D eigenvalue weighted by Crippen LogP contribution is -2.47. The lowest BCUT2D eigenvalue weighted by atomic mass is 9.80. The number of hydrogen-bond acceptors (Lipinski definition) is 3. The zero-order valence-electron chi connectivity index (χ0n) is 20.4. The number of carbonyl (C=O) groups is 1. The van der Waals surface area contributed by atoms with Crippen LogP contribution in [-0.4, -0.2) is 39.1 Å². The van der Waals surface area contributed by atoms with E-state index in [4.69, 9.17) is 0 Å². The first-order valence-electron chi connectivity index (χ1n) is 12.8. The number of amides is 1. The lowest BCUT2D eigenvalue weighted by Gasteiger charge is -2.35. The Hall–Kier alpha value is -2.86. The predicted octanol–water partition coefficient (Wildman–Crippen LogP) is 4.02. The Kier molecular flexibility index (Phi) is 6.59. The molecule has 1 N–H and O–H groups in total. The van der Waals surface area contributed by atoms with Crippen molar-refractivity contribution in [2.75, 3.05) is 13.1 Å². The van der Waals surface area contributed by atoms with Crippen LogP contribution < -0.4 is 10.9 Å². The highest BCUT2D eigenvalue weighted by molar-refractivity contribution is 5.85. The molecular formula is C28H36N4O2. The van der Waals surface area contributed by atoms with Crippen molar-refractivity contribution in [2.24, 2.45) is 13.0 Å². The van der Waals surface area contributed by atoms with Crippen LogP contribution >= 0.6 is 0 Å². The molecule has 3 heterocycles. The van der Waals surface area contributed by atoms with E-state index in [1.807, 2.05) is 12.3 Å². The molecule has 6 nitrogen and oxygen atoms in total. The lowest BCUT2D eigenvalue weighted by molar-refractivity contribution is -0.138. The Morgan fingerprint density at radius 2 is 2.00 bits per heavy atom. The quantitative estimate of drug-likeness (QED) is 0.552. The number of pyridine rings is 1. The molecule has 6 heteroatoms. The van der Waals surface area contributed by atoms with Gasteiger partial charge in [-0.2, -0.15) is 0 Å². The maximum absolute atomic E-state index is 14.0. The molecule has 5 rings (SSSR count). The molecule has 1 unspecified atom stereocenters. The van der Waals surface area contributed by atoms with Crippen molar-refractivity contribution in [3.63, 3.8) is 0 Å². The average Bonchev–Trinajstić information content (AvgIpc) is 3.65. The molecule has 1 aliphatic heterocycles. The molecule has 2 atom stereocenters. The van der Waals surface area contributed by atoms with Gasteiger partial charge in [-0.15, -0.1) is 0 Å². The standard InChI is InChI=1S/C28H36N4O2/c1-3-4-14-31-18-21(24-7-5-6-8-26(24)31)19-32(22-9-10-22)28(34)25-17-29-13-11-23(25)20-12-15-30(2)27(33)16-20/h5-8,12,15-16,18,22-23,25,29H,3-4,9-11,13-14,17,19H2,1-2H3/t23-,25?/m1/s1. The first-order valence-corrected chi connectivity index (χ1v) is 12.8. The highest BCUT2D eigenvalue weighted by Crippen LogP contribution is 2.36. The topological polar surface area (TPSA) is 59.3 Å². The van der Waals surface area contributed by atoms with Gasteiger partial charge in [-0.05, 0) is 61.4 Å². The Labute approximate surface area is 201 Å². The smallest absolute Gasteiger partial charge is 0.250 e. The van der Waals surface area contributed by atoms with Crippen LogP contribution in [0.15, 0.2) is 53.6 Å². The first-order chi connectivity index (χ1) is 16.6. The number of aromatic nitrogens is 2. The Morgan fingerprint density at radius 3 is 2.76 bits per heavy atom. The van der Waals surface area contributed by atoms with E-state index in [9.17, 15) is 9.59 Å². The summed E-state index contributed by atoms with van der Waals surface area (Å²) in [6.45, 7) is 5.42. The molecule has 2 aliphatic rings. The number of rotatable bonds is 8. The Morgan fingerprint density at radius 1 is 1.18 bits per heavy atom. The number of piperidine rings is 1. The predicted molar refractivity (Wildman–Crippen MR) is 136 cm³/mol. The SMILES string of the molecule is CCCCn1cc(CN(C(=O)C2CNCC[C@@H]2c2ccn(C)c(=O)c2)C2CC2)c2ccccc21. The average molecular weight is 461 g/mol. The normalized spacial score (nSPS) is 20.5. The zero-order chi connectivity index (χ0) is 23.7. The minimum Gasteiger partial charge on any atom is -0.347 e. The van der Waals surface area contributed by atoms with Crippen LogP contribution in [0.2, 0.25) is 0 Å².